The molecule has 4 nitrogen and oxygen atoms in total. The van der Waals surface area contributed by atoms with Crippen molar-refractivity contribution in [2.75, 3.05) is 0 Å². The third-order valence-electron chi connectivity index (χ3n) is 3.60. The van der Waals surface area contributed by atoms with Crippen LogP contribution in [0.15, 0.2) is 42.7 Å². The first-order valence-electron chi connectivity index (χ1n) is 7.03. The maximum absolute atomic E-state index is 10.3. The molecule has 0 radical (unpaired) electrons. The summed E-state index contributed by atoms with van der Waals surface area (Å²) in [6, 6.07) is 10.3. The fourth-order valence-electron chi connectivity index (χ4n) is 2.30. The zero-order valence-electron chi connectivity index (χ0n) is 12.3. The van der Waals surface area contributed by atoms with Crippen LogP contribution >= 0.6 is 0 Å². The van der Waals surface area contributed by atoms with Gasteiger partial charge in [0.05, 0.1) is 12.3 Å². The first-order chi connectivity index (χ1) is 9.56. The minimum Gasteiger partial charge on any atom is -0.391 e. The van der Waals surface area contributed by atoms with Crippen LogP contribution in [0.2, 0.25) is 0 Å². The number of aliphatic hydroxyl groups excluding tert-OH is 1. The molecule has 2 N–H and O–H groups in total. The average Bonchev–Trinajstić information content (AvgIpc) is 2.86. The van der Waals surface area contributed by atoms with Crippen molar-refractivity contribution in [3.8, 4) is 0 Å². The molecule has 0 saturated heterocycles. The predicted octanol–water partition coefficient (Wildman–Crippen LogP) is 2.06. The number of nitrogens with one attached hydrogen (secondary N) is 1. The van der Waals surface area contributed by atoms with Gasteiger partial charge in [0.2, 0.25) is 0 Å². The molecule has 20 heavy (non-hydrogen) atoms. The molecule has 4 heteroatoms. The quantitative estimate of drug-likeness (QED) is 0.847. The molecule has 0 bridgehead atoms. The molecule has 0 amide bonds. The first kappa shape index (κ1) is 14.8. The number of aliphatic hydroxyl groups is 1. The Balaban J connectivity index is 1.89. The Morgan fingerprint density at radius 3 is 2.55 bits per heavy atom. The van der Waals surface area contributed by atoms with Gasteiger partial charge < -0.3 is 10.4 Å². The molecule has 108 valence electrons. The fourth-order valence-corrected chi connectivity index (χ4v) is 2.30. The van der Waals surface area contributed by atoms with Gasteiger partial charge in [0.25, 0.3) is 0 Å². The topological polar surface area (TPSA) is 50.1 Å². The van der Waals surface area contributed by atoms with Gasteiger partial charge in [0.15, 0.2) is 0 Å². The van der Waals surface area contributed by atoms with Gasteiger partial charge in [0.1, 0.15) is 0 Å². The summed E-state index contributed by atoms with van der Waals surface area (Å²) in [5.74, 6) is 0. The second kappa shape index (κ2) is 6.68. The van der Waals surface area contributed by atoms with Crippen molar-refractivity contribution in [3.63, 3.8) is 0 Å². The minimum atomic E-state index is -0.406. The lowest BCUT2D eigenvalue weighted by molar-refractivity contribution is 0.129. The van der Waals surface area contributed by atoms with Crippen molar-refractivity contribution in [3.05, 3.63) is 53.9 Å². The smallest absolute Gasteiger partial charge is 0.0730 e. The monoisotopic (exact) mass is 273 g/mol. The van der Waals surface area contributed by atoms with Crippen LogP contribution in [-0.4, -0.2) is 27.0 Å². The number of benzene rings is 1. The van der Waals surface area contributed by atoms with Gasteiger partial charge in [-0.3, -0.25) is 4.68 Å². The van der Waals surface area contributed by atoms with E-state index in [1.807, 2.05) is 56.7 Å². The highest BCUT2D eigenvalue weighted by Crippen LogP contribution is 2.13. The van der Waals surface area contributed by atoms with E-state index in [1.54, 1.807) is 4.68 Å². The van der Waals surface area contributed by atoms with Gasteiger partial charge >= 0.3 is 0 Å². The second-order valence-electron chi connectivity index (χ2n) is 5.38. The van der Waals surface area contributed by atoms with Crippen molar-refractivity contribution in [2.45, 2.75) is 38.5 Å². The first-order valence-corrected chi connectivity index (χ1v) is 7.03. The summed E-state index contributed by atoms with van der Waals surface area (Å²) in [7, 11) is 1.91. The van der Waals surface area contributed by atoms with Crippen LogP contribution in [0.3, 0.4) is 0 Å². The number of hydrogen-bond donors (Lipinski definition) is 2. The van der Waals surface area contributed by atoms with E-state index in [-0.39, 0.29) is 12.1 Å². The maximum atomic E-state index is 10.3. The maximum Gasteiger partial charge on any atom is 0.0730 e. The highest BCUT2D eigenvalue weighted by molar-refractivity contribution is 5.16. The molecular weight excluding hydrogens is 250 g/mol. The van der Waals surface area contributed by atoms with Crippen molar-refractivity contribution in [1.29, 1.82) is 0 Å². The molecule has 0 unspecified atom stereocenters. The molecule has 0 fully saturated rings. The lowest BCUT2D eigenvalue weighted by Crippen LogP contribution is -2.39. The average molecular weight is 273 g/mol. The van der Waals surface area contributed by atoms with Crippen LogP contribution in [0, 0.1) is 0 Å². The predicted molar refractivity (Wildman–Crippen MR) is 80.4 cm³/mol. The lowest BCUT2D eigenvalue weighted by Gasteiger charge is -2.24. The molecule has 1 aromatic carbocycles. The van der Waals surface area contributed by atoms with E-state index in [2.05, 4.69) is 17.3 Å². The minimum absolute atomic E-state index is 0.0189. The molecule has 1 aromatic heterocycles. The summed E-state index contributed by atoms with van der Waals surface area (Å²) in [6.07, 6.45) is 4.10. The number of rotatable bonds is 6. The molecule has 0 saturated carbocycles. The Labute approximate surface area is 120 Å². The Morgan fingerprint density at radius 1 is 1.25 bits per heavy atom. The second-order valence-corrected chi connectivity index (χ2v) is 5.38. The normalized spacial score (nSPS) is 15.8. The molecule has 2 aromatic rings. The summed E-state index contributed by atoms with van der Waals surface area (Å²) in [5, 5.41) is 17.9. The van der Waals surface area contributed by atoms with Crippen molar-refractivity contribution < 1.29 is 5.11 Å². The molecule has 0 spiro atoms. The van der Waals surface area contributed by atoms with Gasteiger partial charge in [-0.25, -0.2) is 0 Å². The van der Waals surface area contributed by atoms with Crippen LogP contribution in [-0.2, 0) is 13.5 Å². The molecule has 0 aliphatic carbocycles. The van der Waals surface area contributed by atoms with E-state index in [0.29, 0.717) is 6.42 Å². The van der Waals surface area contributed by atoms with E-state index in [9.17, 15) is 5.11 Å². The van der Waals surface area contributed by atoms with Gasteiger partial charge in [0, 0.05) is 30.9 Å². The van der Waals surface area contributed by atoms with E-state index in [1.165, 1.54) is 0 Å². The summed E-state index contributed by atoms with van der Waals surface area (Å²) in [4.78, 5) is 0. The number of nitrogens with zero attached hydrogens (tertiary/aromatic N) is 2. The molecule has 0 aliphatic heterocycles. The van der Waals surface area contributed by atoms with Gasteiger partial charge in [-0.2, -0.15) is 5.10 Å². The number of aryl methyl sites for hydroxylation is 1. The largest absolute Gasteiger partial charge is 0.391 e. The molecule has 3 atom stereocenters. The summed E-state index contributed by atoms with van der Waals surface area (Å²) < 4.78 is 1.79. The van der Waals surface area contributed by atoms with E-state index < -0.39 is 6.10 Å². The highest BCUT2D eigenvalue weighted by atomic mass is 16.3. The standard InChI is InChI=1S/C16H23N3O/c1-12(15-10-17-19(3)11-15)18-13(2)16(20)9-14-7-5-4-6-8-14/h4-8,10-13,16,18,20H,9H2,1-3H3/t12-,13+,16+/m0/s1. The van der Waals surface area contributed by atoms with Crippen LogP contribution < -0.4 is 5.32 Å². The Kier molecular flexibility index (Phi) is 4.93. The number of aromatic nitrogens is 2. The molecular formula is C16H23N3O. The highest BCUT2D eigenvalue weighted by Gasteiger charge is 2.18. The van der Waals surface area contributed by atoms with Crippen LogP contribution in [0.5, 0.6) is 0 Å². The molecule has 1 heterocycles. The van der Waals surface area contributed by atoms with Crippen molar-refractivity contribution >= 4 is 0 Å². The third-order valence-corrected chi connectivity index (χ3v) is 3.60. The zero-order valence-corrected chi connectivity index (χ0v) is 12.3. The fraction of sp³-hybridized carbons (Fsp3) is 0.438. The molecule has 2 rings (SSSR count). The van der Waals surface area contributed by atoms with Gasteiger partial charge in [-0.1, -0.05) is 30.3 Å². The Hall–Kier alpha value is -1.65. The summed E-state index contributed by atoms with van der Waals surface area (Å²) >= 11 is 0. The summed E-state index contributed by atoms with van der Waals surface area (Å²) in [6.45, 7) is 4.10. The van der Waals surface area contributed by atoms with Crippen LogP contribution in [0.4, 0.5) is 0 Å². The lowest BCUT2D eigenvalue weighted by atomic mass is 10.0. The number of hydrogen-bond acceptors (Lipinski definition) is 3. The van der Waals surface area contributed by atoms with Gasteiger partial charge in [-0.05, 0) is 25.8 Å². The van der Waals surface area contributed by atoms with E-state index >= 15 is 0 Å². The van der Waals surface area contributed by atoms with E-state index in [0.717, 1.165) is 11.1 Å². The Morgan fingerprint density at radius 2 is 1.95 bits per heavy atom. The van der Waals surface area contributed by atoms with Gasteiger partial charge in [-0.15, -0.1) is 0 Å². The zero-order chi connectivity index (χ0) is 14.5. The molecule has 0 aliphatic rings. The summed E-state index contributed by atoms with van der Waals surface area (Å²) in [5.41, 5.74) is 2.29. The van der Waals surface area contributed by atoms with E-state index in [4.69, 9.17) is 0 Å². The SMILES string of the molecule is C[C@H](N[C@H](C)[C@H](O)Cc1ccccc1)c1cnn(C)c1. The van der Waals surface area contributed by atoms with Crippen LogP contribution in [0.25, 0.3) is 0 Å². The van der Waals surface area contributed by atoms with Crippen molar-refractivity contribution in [2.24, 2.45) is 7.05 Å². The third kappa shape index (κ3) is 3.92. The van der Waals surface area contributed by atoms with Crippen molar-refractivity contribution in [1.82, 2.24) is 15.1 Å². The Bertz CT molecular complexity index is 524. The van der Waals surface area contributed by atoms with Crippen LogP contribution in [0.1, 0.15) is 31.0 Å².